The van der Waals surface area contributed by atoms with Crippen molar-refractivity contribution in [3.05, 3.63) is 65.2 Å². The Labute approximate surface area is 142 Å². The molecule has 0 saturated carbocycles. The highest BCUT2D eigenvalue weighted by molar-refractivity contribution is 7.93. The third-order valence-electron chi connectivity index (χ3n) is 4.02. The Kier molecular flexibility index (Phi) is 5.29. The van der Waals surface area contributed by atoms with E-state index in [0.717, 1.165) is 15.4 Å². The lowest BCUT2D eigenvalue weighted by Crippen LogP contribution is -2.36. The zero-order chi connectivity index (χ0) is 17.9. The molecule has 5 nitrogen and oxygen atoms in total. The number of nitrogens with zero attached hydrogens (tertiary/aromatic N) is 1. The molecule has 0 saturated heterocycles. The van der Waals surface area contributed by atoms with Gasteiger partial charge in [0.2, 0.25) is 5.25 Å². The summed E-state index contributed by atoms with van der Waals surface area (Å²) in [4.78, 5) is 12.4. The SMILES string of the molecule is COC(=O)C(c1c(C)cccc1C)S(=O)(=O)N(C)c1ccccc1. The lowest BCUT2D eigenvalue weighted by Gasteiger charge is -2.26. The van der Waals surface area contributed by atoms with Crippen molar-refractivity contribution in [3.8, 4) is 0 Å². The van der Waals surface area contributed by atoms with Crippen molar-refractivity contribution in [2.75, 3.05) is 18.5 Å². The summed E-state index contributed by atoms with van der Waals surface area (Å²) in [7, 11) is -1.37. The summed E-state index contributed by atoms with van der Waals surface area (Å²) in [6, 6.07) is 14.0. The molecule has 0 aliphatic carbocycles. The maximum atomic E-state index is 13.2. The highest BCUT2D eigenvalue weighted by Gasteiger charge is 2.40. The summed E-state index contributed by atoms with van der Waals surface area (Å²) in [6.45, 7) is 3.58. The summed E-state index contributed by atoms with van der Waals surface area (Å²) < 4.78 is 32.3. The Morgan fingerprint density at radius 2 is 1.54 bits per heavy atom. The molecule has 6 heteroatoms. The van der Waals surface area contributed by atoms with E-state index in [0.29, 0.717) is 11.3 Å². The molecule has 0 spiro atoms. The number of rotatable bonds is 5. The van der Waals surface area contributed by atoms with Crippen LogP contribution < -0.4 is 4.31 Å². The summed E-state index contributed by atoms with van der Waals surface area (Å²) >= 11 is 0. The van der Waals surface area contributed by atoms with Gasteiger partial charge in [0.25, 0.3) is 10.0 Å². The average molecular weight is 347 g/mol. The number of ether oxygens (including phenoxy) is 1. The minimum atomic E-state index is -4.00. The van der Waals surface area contributed by atoms with Gasteiger partial charge in [-0.15, -0.1) is 0 Å². The quantitative estimate of drug-likeness (QED) is 0.780. The summed E-state index contributed by atoms with van der Waals surface area (Å²) in [6.07, 6.45) is 0. The van der Waals surface area contributed by atoms with E-state index in [2.05, 4.69) is 0 Å². The predicted octanol–water partition coefficient (Wildman–Crippen LogP) is 2.98. The lowest BCUT2D eigenvalue weighted by molar-refractivity contribution is -0.140. The molecule has 0 heterocycles. The Morgan fingerprint density at radius 3 is 2.04 bits per heavy atom. The molecule has 0 fully saturated rings. The number of hydrogen-bond acceptors (Lipinski definition) is 4. The van der Waals surface area contributed by atoms with Gasteiger partial charge in [0, 0.05) is 7.05 Å². The van der Waals surface area contributed by atoms with Gasteiger partial charge in [-0.1, -0.05) is 36.4 Å². The van der Waals surface area contributed by atoms with Crippen LogP contribution in [0.1, 0.15) is 21.9 Å². The fourth-order valence-electron chi connectivity index (χ4n) is 2.68. The second-order valence-electron chi connectivity index (χ2n) is 5.56. The van der Waals surface area contributed by atoms with Crippen LogP contribution in [0, 0.1) is 13.8 Å². The number of benzene rings is 2. The zero-order valence-electron chi connectivity index (χ0n) is 14.2. The number of carbonyl (C=O) groups excluding carboxylic acids is 1. The smallest absolute Gasteiger partial charge is 0.330 e. The Morgan fingerprint density at radius 1 is 1.00 bits per heavy atom. The second kappa shape index (κ2) is 7.05. The topological polar surface area (TPSA) is 63.7 Å². The summed E-state index contributed by atoms with van der Waals surface area (Å²) in [5, 5.41) is -1.41. The molecule has 0 aromatic heterocycles. The number of para-hydroxylation sites is 1. The van der Waals surface area contributed by atoms with Crippen LogP contribution in [0.25, 0.3) is 0 Å². The molecule has 0 radical (unpaired) electrons. The molecule has 1 atom stereocenters. The molecule has 24 heavy (non-hydrogen) atoms. The van der Waals surface area contributed by atoms with E-state index < -0.39 is 21.2 Å². The molecule has 0 aliphatic heterocycles. The van der Waals surface area contributed by atoms with Gasteiger partial charge < -0.3 is 4.74 Å². The normalized spacial score (nSPS) is 12.5. The summed E-state index contributed by atoms with van der Waals surface area (Å²) in [5.74, 6) is -0.796. The zero-order valence-corrected chi connectivity index (χ0v) is 15.0. The Bertz CT molecular complexity index is 811. The molecule has 2 aromatic rings. The number of aryl methyl sites for hydroxylation is 2. The van der Waals surface area contributed by atoms with Crippen molar-refractivity contribution < 1.29 is 17.9 Å². The van der Waals surface area contributed by atoms with Crippen LogP contribution in [0.15, 0.2) is 48.5 Å². The van der Waals surface area contributed by atoms with Gasteiger partial charge in [-0.3, -0.25) is 9.10 Å². The van der Waals surface area contributed by atoms with E-state index in [1.54, 1.807) is 56.3 Å². The minimum Gasteiger partial charge on any atom is -0.468 e. The lowest BCUT2D eigenvalue weighted by atomic mass is 10.00. The van der Waals surface area contributed by atoms with Gasteiger partial charge >= 0.3 is 5.97 Å². The van der Waals surface area contributed by atoms with Gasteiger partial charge in [0.15, 0.2) is 0 Å². The van der Waals surface area contributed by atoms with Crippen molar-refractivity contribution in [3.63, 3.8) is 0 Å². The van der Waals surface area contributed by atoms with E-state index in [1.165, 1.54) is 14.2 Å². The van der Waals surface area contributed by atoms with Crippen LogP contribution >= 0.6 is 0 Å². The van der Waals surface area contributed by atoms with Gasteiger partial charge in [0.05, 0.1) is 12.8 Å². The number of carbonyl (C=O) groups is 1. The molecule has 0 bridgehead atoms. The maximum Gasteiger partial charge on any atom is 0.330 e. The third-order valence-corrected chi connectivity index (χ3v) is 6.02. The number of esters is 1. The summed E-state index contributed by atoms with van der Waals surface area (Å²) in [5.41, 5.74) is 2.41. The van der Waals surface area contributed by atoms with E-state index in [1.807, 2.05) is 6.07 Å². The van der Waals surface area contributed by atoms with Gasteiger partial charge in [0.1, 0.15) is 0 Å². The van der Waals surface area contributed by atoms with Crippen LogP contribution in [-0.4, -0.2) is 28.5 Å². The molecule has 2 rings (SSSR count). The molecule has 0 amide bonds. The van der Waals surface area contributed by atoms with Crippen molar-refractivity contribution in [1.82, 2.24) is 0 Å². The standard InChI is InChI=1S/C18H21NO4S/c1-13-9-8-10-14(2)16(13)17(18(20)23-4)24(21,22)19(3)15-11-6-5-7-12-15/h5-12,17H,1-4H3. The van der Waals surface area contributed by atoms with Crippen molar-refractivity contribution in [2.24, 2.45) is 0 Å². The first kappa shape index (κ1) is 18.0. The van der Waals surface area contributed by atoms with E-state index in [4.69, 9.17) is 4.74 Å². The Balaban J connectivity index is 2.62. The molecule has 1 unspecified atom stereocenters. The molecule has 0 N–H and O–H groups in total. The van der Waals surface area contributed by atoms with Crippen LogP contribution in [-0.2, 0) is 19.6 Å². The largest absolute Gasteiger partial charge is 0.468 e. The molecule has 0 aliphatic rings. The molecule has 128 valence electrons. The van der Waals surface area contributed by atoms with Crippen molar-refractivity contribution in [1.29, 1.82) is 0 Å². The highest BCUT2D eigenvalue weighted by atomic mass is 32.2. The van der Waals surface area contributed by atoms with E-state index >= 15 is 0 Å². The fourth-order valence-corrected chi connectivity index (χ4v) is 4.42. The van der Waals surface area contributed by atoms with Gasteiger partial charge in [-0.2, -0.15) is 0 Å². The van der Waals surface area contributed by atoms with E-state index in [9.17, 15) is 13.2 Å². The van der Waals surface area contributed by atoms with Crippen LogP contribution in [0.3, 0.4) is 0 Å². The van der Waals surface area contributed by atoms with E-state index in [-0.39, 0.29) is 0 Å². The first-order chi connectivity index (χ1) is 11.3. The highest BCUT2D eigenvalue weighted by Crippen LogP contribution is 2.33. The van der Waals surface area contributed by atoms with Crippen LogP contribution in [0.4, 0.5) is 5.69 Å². The van der Waals surface area contributed by atoms with Gasteiger partial charge in [-0.25, -0.2) is 8.42 Å². The third kappa shape index (κ3) is 3.28. The van der Waals surface area contributed by atoms with Crippen molar-refractivity contribution >= 4 is 21.7 Å². The number of sulfonamides is 1. The first-order valence-electron chi connectivity index (χ1n) is 7.47. The number of methoxy groups -OCH3 is 1. The number of hydrogen-bond donors (Lipinski definition) is 0. The maximum absolute atomic E-state index is 13.2. The average Bonchev–Trinajstić information content (AvgIpc) is 2.57. The molecular weight excluding hydrogens is 326 g/mol. The minimum absolute atomic E-state index is 0.465. The molecule has 2 aromatic carbocycles. The monoisotopic (exact) mass is 347 g/mol. The second-order valence-corrected chi connectivity index (χ2v) is 7.61. The van der Waals surface area contributed by atoms with Gasteiger partial charge in [-0.05, 0) is 42.7 Å². The fraction of sp³-hybridized carbons (Fsp3) is 0.278. The Hall–Kier alpha value is -2.34. The van der Waals surface area contributed by atoms with Crippen LogP contribution in [0.5, 0.6) is 0 Å². The predicted molar refractivity (Wildman–Crippen MR) is 94.4 cm³/mol. The van der Waals surface area contributed by atoms with Crippen LogP contribution in [0.2, 0.25) is 0 Å². The number of anilines is 1. The first-order valence-corrected chi connectivity index (χ1v) is 8.97. The van der Waals surface area contributed by atoms with Crippen molar-refractivity contribution in [2.45, 2.75) is 19.1 Å². The molecular formula is C18H21NO4S.